The number of halogens is 2. The number of thiazole rings is 1. The third kappa shape index (κ3) is 5.00. The van der Waals surface area contributed by atoms with Crippen molar-refractivity contribution in [3.8, 4) is 11.5 Å². The summed E-state index contributed by atoms with van der Waals surface area (Å²) >= 11 is 10.9. The van der Waals surface area contributed by atoms with Crippen LogP contribution >= 0.6 is 38.9 Å². The average Bonchev–Trinajstić information content (AvgIpc) is 3.14. The van der Waals surface area contributed by atoms with Crippen molar-refractivity contribution in [3.63, 3.8) is 0 Å². The molecule has 188 valence electrons. The highest BCUT2D eigenvalue weighted by atomic mass is 79.9. The fraction of sp³-hybridized carbons (Fsp3) is 0.269. The number of hydrogen-bond donors (Lipinski definition) is 0. The first-order valence-electron chi connectivity index (χ1n) is 11.2. The van der Waals surface area contributed by atoms with Crippen molar-refractivity contribution in [2.24, 2.45) is 4.99 Å². The van der Waals surface area contributed by atoms with Gasteiger partial charge < -0.3 is 14.2 Å². The molecule has 10 heteroatoms. The summed E-state index contributed by atoms with van der Waals surface area (Å²) in [6, 6.07) is 9.96. The number of nitrogens with zero attached hydrogens (tertiary/aromatic N) is 2. The van der Waals surface area contributed by atoms with E-state index in [9.17, 15) is 9.59 Å². The first-order valence-corrected chi connectivity index (χ1v) is 13.2. The summed E-state index contributed by atoms with van der Waals surface area (Å²) in [4.78, 5) is 32.0. The number of hydrogen-bond acceptors (Lipinski definition) is 7. The summed E-state index contributed by atoms with van der Waals surface area (Å²) in [5.74, 6) is 0.496. The maximum Gasteiger partial charge on any atom is 0.338 e. The second kappa shape index (κ2) is 11.0. The number of esters is 1. The average molecular weight is 592 g/mol. The van der Waals surface area contributed by atoms with E-state index < -0.39 is 12.0 Å². The summed E-state index contributed by atoms with van der Waals surface area (Å²) < 4.78 is 19.3. The van der Waals surface area contributed by atoms with Gasteiger partial charge in [-0.2, -0.15) is 0 Å². The minimum atomic E-state index is -0.786. The van der Waals surface area contributed by atoms with Gasteiger partial charge >= 0.3 is 5.97 Å². The molecule has 0 amide bonds. The van der Waals surface area contributed by atoms with Crippen LogP contribution in [0.15, 0.2) is 61.9 Å². The van der Waals surface area contributed by atoms with E-state index in [1.54, 1.807) is 51.3 Å². The van der Waals surface area contributed by atoms with E-state index in [-0.39, 0.29) is 17.7 Å². The second-order valence-electron chi connectivity index (χ2n) is 7.81. The quantitative estimate of drug-likeness (QED) is 0.375. The Bertz CT molecular complexity index is 1530. The highest BCUT2D eigenvalue weighted by Crippen LogP contribution is 2.41. The SMILES string of the molecule is CCOC(=O)C1=C(C)N=c2s/c(=C/c3ccc(Cl)cc3)c(=O)n2[C@@H]1c1cc(OC)c(OCC)cc1Br. The Labute approximate surface area is 225 Å². The largest absolute Gasteiger partial charge is 0.493 e. The lowest BCUT2D eigenvalue weighted by molar-refractivity contribution is -0.139. The molecule has 1 aliphatic rings. The summed E-state index contributed by atoms with van der Waals surface area (Å²) in [6.45, 7) is 6.01. The van der Waals surface area contributed by atoms with Gasteiger partial charge in [-0.25, -0.2) is 9.79 Å². The molecule has 1 atom stereocenters. The standard InChI is InChI=1S/C26H24BrClN2O5S/c1-5-34-20-13-18(27)17(12-19(20)33-4)23-22(25(32)35-6-2)14(3)29-26-30(23)24(31)21(36-26)11-15-7-9-16(28)10-8-15/h7-13,23H,5-6H2,1-4H3/b21-11+/t23-/m1/s1. The Morgan fingerprint density at radius 2 is 1.92 bits per heavy atom. The summed E-state index contributed by atoms with van der Waals surface area (Å²) in [5, 5.41) is 0.609. The van der Waals surface area contributed by atoms with Crippen LogP contribution in [0.25, 0.3) is 6.08 Å². The Balaban J connectivity index is 1.99. The zero-order valence-electron chi connectivity index (χ0n) is 20.1. The van der Waals surface area contributed by atoms with E-state index in [0.717, 1.165) is 5.56 Å². The van der Waals surface area contributed by atoms with Crippen LogP contribution in [0.5, 0.6) is 11.5 Å². The first kappa shape index (κ1) is 26.2. The number of ether oxygens (including phenoxy) is 3. The van der Waals surface area contributed by atoms with E-state index in [4.69, 9.17) is 25.8 Å². The predicted molar refractivity (Wildman–Crippen MR) is 144 cm³/mol. The lowest BCUT2D eigenvalue weighted by atomic mass is 9.95. The van der Waals surface area contributed by atoms with Gasteiger partial charge in [0.1, 0.15) is 0 Å². The minimum Gasteiger partial charge on any atom is -0.493 e. The third-order valence-electron chi connectivity index (χ3n) is 5.56. The highest BCUT2D eigenvalue weighted by molar-refractivity contribution is 9.10. The molecule has 1 aliphatic heterocycles. The lowest BCUT2D eigenvalue weighted by Crippen LogP contribution is -2.40. The molecule has 0 unspecified atom stereocenters. The van der Waals surface area contributed by atoms with Crippen LogP contribution in [0.1, 0.15) is 37.9 Å². The summed E-state index contributed by atoms with van der Waals surface area (Å²) in [5.41, 5.74) is 1.97. The summed E-state index contributed by atoms with van der Waals surface area (Å²) in [6.07, 6.45) is 1.79. The van der Waals surface area contributed by atoms with Crippen molar-refractivity contribution < 1.29 is 19.0 Å². The van der Waals surface area contributed by atoms with Crippen molar-refractivity contribution >= 4 is 50.9 Å². The third-order valence-corrected chi connectivity index (χ3v) is 7.48. The van der Waals surface area contributed by atoms with Crippen molar-refractivity contribution in [2.45, 2.75) is 26.8 Å². The van der Waals surface area contributed by atoms with Crippen LogP contribution < -0.4 is 24.4 Å². The van der Waals surface area contributed by atoms with Crippen LogP contribution in [0.4, 0.5) is 0 Å². The number of aromatic nitrogens is 1. The molecule has 0 fully saturated rings. The molecule has 2 aromatic carbocycles. The van der Waals surface area contributed by atoms with E-state index in [1.165, 1.54) is 15.9 Å². The fourth-order valence-corrected chi connectivity index (χ4v) is 5.70. The number of carbonyl (C=O) groups is 1. The highest BCUT2D eigenvalue weighted by Gasteiger charge is 2.35. The van der Waals surface area contributed by atoms with Crippen molar-refractivity contribution in [2.75, 3.05) is 20.3 Å². The molecular formula is C26H24BrClN2O5S. The van der Waals surface area contributed by atoms with Crippen LogP contribution in [-0.2, 0) is 9.53 Å². The van der Waals surface area contributed by atoms with Gasteiger partial charge in [-0.1, -0.05) is 51.0 Å². The van der Waals surface area contributed by atoms with E-state index in [1.807, 2.05) is 19.1 Å². The fourth-order valence-electron chi connectivity index (χ4n) is 3.98. The van der Waals surface area contributed by atoms with Crippen LogP contribution in [-0.4, -0.2) is 30.9 Å². The molecule has 2 heterocycles. The number of allylic oxidation sites excluding steroid dienone is 1. The van der Waals surface area contributed by atoms with Crippen molar-refractivity contribution in [1.82, 2.24) is 4.57 Å². The molecule has 0 saturated heterocycles. The maximum atomic E-state index is 13.7. The summed E-state index contributed by atoms with van der Waals surface area (Å²) in [7, 11) is 1.54. The number of carbonyl (C=O) groups excluding carboxylic acids is 1. The van der Waals surface area contributed by atoms with Crippen LogP contribution in [0, 0.1) is 0 Å². The molecule has 3 aromatic rings. The number of rotatable bonds is 7. The van der Waals surface area contributed by atoms with Gasteiger partial charge in [0.25, 0.3) is 5.56 Å². The van der Waals surface area contributed by atoms with Gasteiger partial charge in [-0.15, -0.1) is 0 Å². The Kier molecular flexibility index (Phi) is 8.02. The zero-order valence-corrected chi connectivity index (χ0v) is 23.3. The molecule has 36 heavy (non-hydrogen) atoms. The molecule has 0 radical (unpaired) electrons. The Morgan fingerprint density at radius 1 is 1.19 bits per heavy atom. The smallest absolute Gasteiger partial charge is 0.338 e. The Hall–Kier alpha value is -2.88. The molecule has 7 nitrogen and oxygen atoms in total. The zero-order chi connectivity index (χ0) is 26.0. The van der Waals surface area contributed by atoms with Crippen molar-refractivity contribution in [1.29, 1.82) is 0 Å². The predicted octanol–water partition coefficient (Wildman–Crippen LogP) is 4.62. The second-order valence-corrected chi connectivity index (χ2v) is 10.1. The number of methoxy groups -OCH3 is 1. The topological polar surface area (TPSA) is 79.1 Å². The molecule has 0 N–H and O–H groups in total. The normalized spacial score (nSPS) is 15.4. The van der Waals surface area contributed by atoms with Gasteiger partial charge in [0, 0.05) is 9.50 Å². The first-order chi connectivity index (χ1) is 17.3. The monoisotopic (exact) mass is 590 g/mol. The van der Waals surface area contributed by atoms with Gasteiger partial charge in [0.15, 0.2) is 16.3 Å². The number of benzene rings is 2. The molecule has 0 aliphatic carbocycles. The molecular weight excluding hydrogens is 568 g/mol. The van der Waals surface area contributed by atoms with Crippen molar-refractivity contribution in [3.05, 3.63) is 88.0 Å². The molecule has 0 spiro atoms. The molecule has 1 aromatic heterocycles. The molecule has 0 bridgehead atoms. The maximum absolute atomic E-state index is 13.7. The van der Waals surface area contributed by atoms with E-state index >= 15 is 0 Å². The Morgan fingerprint density at radius 3 is 2.56 bits per heavy atom. The van der Waals surface area contributed by atoms with Crippen LogP contribution in [0.3, 0.4) is 0 Å². The van der Waals surface area contributed by atoms with Gasteiger partial charge in [-0.3, -0.25) is 9.36 Å². The van der Waals surface area contributed by atoms with E-state index in [2.05, 4.69) is 20.9 Å². The van der Waals surface area contributed by atoms with E-state index in [0.29, 0.717) is 48.2 Å². The van der Waals surface area contributed by atoms with Gasteiger partial charge in [0.2, 0.25) is 0 Å². The lowest BCUT2D eigenvalue weighted by Gasteiger charge is -2.26. The van der Waals surface area contributed by atoms with Crippen LogP contribution in [0.2, 0.25) is 5.02 Å². The van der Waals surface area contributed by atoms with Gasteiger partial charge in [-0.05, 0) is 62.2 Å². The molecule has 0 saturated carbocycles. The number of fused-ring (bicyclic) bond motifs is 1. The minimum absolute atomic E-state index is 0.192. The molecule has 4 rings (SSSR count). The van der Waals surface area contributed by atoms with Gasteiger partial charge in [0.05, 0.1) is 42.2 Å².